The lowest BCUT2D eigenvalue weighted by molar-refractivity contribution is 0.296. The molecule has 35 heavy (non-hydrogen) atoms. The van der Waals surface area contributed by atoms with Crippen molar-refractivity contribution in [1.29, 1.82) is 0 Å². The van der Waals surface area contributed by atoms with E-state index in [1.54, 1.807) is 37.3 Å². The molecule has 1 atom stereocenters. The van der Waals surface area contributed by atoms with Gasteiger partial charge >= 0.3 is 0 Å². The van der Waals surface area contributed by atoms with E-state index in [1.807, 2.05) is 51.1 Å². The van der Waals surface area contributed by atoms with Crippen LogP contribution in [0.4, 0.5) is 0 Å². The van der Waals surface area contributed by atoms with E-state index in [0.717, 1.165) is 5.56 Å². The number of hydrogen-bond donors (Lipinski definition) is 0. The smallest absolute Gasteiger partial charge is 0.266 e. The van der Waals surface area contributed by atoms with Crippen LogP contribution < -0.4 is 5.56 Å². The number of nitrogens with zero attached hydrogens (tertiary/aromatic N) is 3. The molecule has 1 heterocycles. The van der Waals surface area contributed by atoms with Gasteiger partial charge in [0.05, 0.1) is 27.5 Å². The molecule has 0 saturated heterocycles. The maximum atomic E-state index is 13.8. The molecule has 6 nitrogen and oxygen atoms in total. The van der Waals surface area contributed by atoms with Gasteiger partial charge in [-0.3, -0.25) is 9.36 Å². The van der Waals surface area contributed by atoms with Crippen molar-refractivity contribution in [3.05, 3.63) is 99.6 Å². The Bertz CT molecular complexity index is 1510. The molecule has 182 valence electrons. The SMILES string of the molecule is Cc1ccc(-n2c(C(C)N(CC(C)C)S(=O)(=O)c3ccc(Cl)cc3)nc3ccccc3c2=O)cc1. The van der Waals surface area contributed by atoms with Crippen molar-refractivity contribution in [2.45, 2.75) is 38.6 Å². The van der Waals surface area contributed by atoms with Crippen LogP contribution in [0.1, 0.15) is 38.2 Å². The Morgan fingerprint density at radius 1 is 0.943 bits per heavy atom. The average molecular weight is 510 g/mol. The number of benzene rings is 3. The van der Waals surface area contributed by atoms with Gasteiger partial charge in [-0.05, 0) is 68.3 Å². The Kier molecular flexibility index (Phi) is 7.12. The molecule has 0 radical (unpaired) electrons. The summed E-state index contributed by atoms with van der Waals surface area (Å²) in [5, 5.41) is 0.928. The summed E-state index contributed by atoms with van der Waals surface area (Å²) in [5.74, 6) is 0.398. The van der Waals surface area contributed by atoms with Gasteiger partial charge in [-0.25, -0.2) is 13.4 Å². The molecule has 0 saturated carbocycles. The van der Waals surface area contributed by atoms with E-state index in [2.05, 4.69) is 0 Å². The summed E-state index contributed by atoms with van der Waals surface area (Å²) in [6.07, 6.45) is 0. The molecule has 0 aliphatic heterocycles. The minimum atomic E-state index is -3.91. The van der Waals surface area contributed by atoms with E-state index in [0.29, 0.717) is 27.4 Å². The summed E-state index contributed by atoms with van der Waals surface area (Å²) in [6, 6.07) is 20.0. The first kappa shape index (κ1) is 25.1. The van der Waals surface area contributed by atoms with Gasteiger partial charge in [0.2, 0.25) is 10.0 Å². The average Bonchev–Trinajstić information content (AvgIpc) is 2.83. The first-order chi connectivity index (χ1) is 16.6. The second kappa shape index (κ2) is 9.93. The molecule has 0 aliphatic rings. The minimum Gasteiger partial charge on any atom is -0.268 e. The topological polar surface area (TPSA) is 72.3 Å². The normalized spacial score (nSPS) is 13.0. The number of rotatable bonds is 7. The Morgan fingerprint density at radius 2 is 1.57 bits per heavy atom. The summed E-state index contributed by atoms with van der Waals surface area (Å²) in [4.78, 5) is 18.6. The number of aromatic nitrogens is 2. The lowest BCUT2D eigenvalue weighted by Crippen LogP contribution is -2.39. The van der Waals surface area contributed by atoms with Gasteiger partial charge in [-0.2, -0.15) is 4.31 Å². The Hall–Kier alpha value is -3.00. The van der Waals surface area contributed by atoms with Crippen molar-refractivity contribution < 1.29 is 8.42 Å². The van der Waals surface area contributed by atoms with Crippen molar-refractivity contribution in [1.82, 2.24) is 13.9 Å². The van der Waals surface area contributed by atoms with Crippen LogP contribution in [-0.4, -0.2) is 28.8 Å². The monoisotopic (exact) mass is 509 g/mol. The van der Waals surface area contributed by atoms with Crippen molar-refractivity contribution >= 4 is 32.5 Å². The van der Waals surface area contributed by atoms with Crippen molar-refractivity contribution in [2.75, 3.05) is 6.54 Å². The zero-order valence-electron chi connectivity index (χ0n) is 20.1. The summed E-state index contributed by atoms with van der Waals surface area (Å²) in [6.45, 7) is 7.91. The highest BCUT2D eigenvalue weighted by Crippen LogP contribution is 2.30. The molecular weight excluding hydrogens is 482 g/mol. The first-order valence-electron chi connectivity index (χ1n) is 11.5. The third kappa shape index (κ3) is 5.03. The molecule has 4 rings (SSSR count). The number of sulfonamides is 1. The fourth-order valence-electron chi connectivity index (χ4n) is 4.07. The van der Waals surface area contributed by atoms with Gasteiger partial charge in [0.1, 0.15) is 5.82 Å². The number of hydrogen-bond acceptors (Lipinski definition) is 4. The second-order valence-corrected chi connectivity index (χ2v) is 11.4. The third-order valence-electron chi connectivity index (χ3n) is 5.86. The van der Waals surface area contributed by atoms with E-state index in [1.165, 1.54) is 21.0 Å². The van der Waals surface area contributed by atoms with E-state index in [4.69, 9.17) is 16.6 Å². The molecule has 8 heteroatoms. The van der Waals surface area contributed by atoms with Crippen LogP contribution in [0.5, 0.6) is 0 Å². The highest BCUT2D eigenvalue weighted by molar-refractivity contribution is 7.89. The quantitative estimate of drug-likeness (QED) is 0.318. The number of halogens is 1. The standard InChI is InChI=1S/C27H28ClN3O3S/c1-18(2)17-30(35(33,34)23-15-11-21(28)12-16-23)20(4)26-29-25-8-6-5-7-24(25)27(32)31(26)22-13-9-19(3)10-14-22/h5-16,18,20H,17H2,1-4H3. The molecule has 0 N–H and O–H groups in total. The third-order valence-corrected chi connectivity index (χ3v) is 8.07. The van der Waals surface area contributed by atoms with Crippen LogP contribution in [0.2, 0.25) is 5.02 Å². The van der Waals surface area contributed by atoms with Gasteiger partial charge in [0.15, 0.2) is 0 Å². The molecule has 0 amide bonds. The van der Waals surface area contributed by atoms with E-state index < -0.39 is 16.1 Å². The number of fused-ring (bicyclic) bond motifs is 1. The summed E-state index contributed by atoms with van der Waals surface area (Å²) < 4.78 is 30.5. The van der Waals surface area contributed by atoms with Gasteiger partial charge in [-0.15, -0.1) is 0 Å². The van der Waals surface area contributed by atoms with E-state index in [-0.39, 0.29) is 22.9 Å². The molecule has 0 fully saturated rings. The minimum absolute atomic E-state index is 0.0412. The summed E-state index contributed by atoms with van der Waals surface area (Å²) in [7, 11) is -3.91. The molecule has 0 spiro atoms. The second-order valence-electron chi connectivity index (χ2n) is 9.06. The van der Waals surface area contributed by atoms with Crippen molar-refractivity contribution in [3.8, 4) is 5.69 Å². The summed E-state index contributed by atoms with van der Waals surface area (Å²) in [5.41, 5.74) is 1.97. The molecule has 1 unspecified atom stereocenters. The highest BCUT2D eigenvalue weighted by atomic mass is 35.5. The molecule has 0 aliphatic carbocycles. The maximum Gasteiger partial charge on any atom is 0.266 e. The molecule has 4 aromatic rings. The number of aryl methyl sites for hydroxylation is 1. The zero-order valence-corrected chi connectivity index (χ0v) is 21.7. The Labute approximate surface area is 210 Å². The lowest BCUT2D eigenvalue weighted by Gasteiger charge is -2.31. The van der Waals surface area contributed by atoms with E-state index >= 15 is 0 Å². The van der Waals surface area contributed by atoms with Crippen LogP contribution in [0.3, 0.4) is 0 Å². The number of para-hydroxylation sites is 1. The predicted octanol–water partition coefficient (Wildman–Crippen LogP) is 5.76. The largest absolute Gasteiger partial charge is 0.268 e. The van der Waals surface area contributed by atoms with Crippen molar-refractivity contribution in [2.24, 2.45) is 5.92 Å². The van der Waals surface area contributed by atoms with Gasteiger partial charge in [0, 0.05) is 11.6 Å². The van der Waals surface area contributed by atoms with Crippen LogP contribution in [-0.2, 0) is 10.0 Å². The Balaban J connectivity index is 1.96. The van der Waals surface area contributed by atoms with Gasteiger partial charge < -0.3 is 0 Å². The lowest BCUT2D eigenvalue weighted by atomic mass is 10.1. The zero-order chi connectivity index (χ0) is 25.3. The summed E-state index contributed by atoms with van der Waals surface area (Å²) >= 11 is 6.00. The maximum absolute atomic E-state index is 13.8. The first-order valence-corrected chi connectivity index (χ1v) is 13.3. The van der Waals surface area contributed by atoms with Gasteiger partial charge in [-0.1, -0.05) is 55.3 Å². The van der Waals surface area contributed by atoms with Crippen molar-refractivity contribution in [3.63, 3.8) is 0 Å². The molecule has 3 aromatic carbocycles. The van der Waals surface area contributed by atoms with Crippen LogP contribution >= 0.6 is 11.6 Å². The fourth-order valence-corrected chi connectivity index (χ4v) is 5.95. The van der Waals surface area contributed by atoms with Crippen LogP contribution in [0.25, 0.3) is 16.6 Å². The van der Waals surface area contributed by atoms with E-state index in [9.17, 15) is 13.2 Å². The molecule has 1 aromatic heterocycles. The highest BCUT2D eigenvalue weighted by Gasteiger charge is 2.33. The molecule has 0 bridgehead atoms. The Morgan fingerprint density at radius 3 is 2.20 bits per heavy atom. The fraction of sp³-hybridized carbons (Fsp3) is 0.259. The van der Waals surface area contributed by atoms with Gasteiger partial charge in [0.25, 0.3) is 5.56 Å². The van der Waals surface area contributed by atoms with Crippen LogP contribution in [0, 0.1) is 12.8 Å². The van der Waals surface area contributed by atoms with Crippen LogP contribution in [0.15, 0.2) is 82.5 Å². The predicted molar refractivity (Wildman–Crippen MR) is 141 cm³/mol. The molecular formula is C27H28ClN3O3S.